The summed E-state index contributed by atoms with van der Waals surface area (Å²) in [5.41, 5.74) is 1.51. The highest BCUT2D eigenvalue weighted by Gasteiger charge is 2.23. The van der Waals surface area contributed by atoms with Gasteiger partial charge >= 0.3 is 0 Å². The summed E-state index contributed by atoms with van der Waals surface area (Å²) < 4.78 is 8.31. The van der Waals surface area contributed by atoms with Crippen molar-refractivity contribution in [1.82, 2.24) is 14.5 Å². The van der Waals surface area contributed by atoms with Gasteiger partial charge in [-0.25, -0.2) is 9.97 Å². The molecule has 0 bridgehead atoms. The maximum Gasteiger partial charge on any atom is 0.295 e. The van der Waals surface area contributed by atoms with Crippen molar-refractivity contribution in [1.29, 1.82) is 0 Å². The molecule has 0 atom stereocenters. The highest BCUT2D eigenvalue weighted by molar-refractivity contribution is 7.22. The molecule has 0 N–H and O–H groups in total. The number of anilines is 1. The van der Waals surface area contributed by atoms with E-state index in [2.05, 4.69) is 14.5 Å². The summed E-state index contributed by atoms with van der Waals surface area (Å²) in [5.74, 6) is 0.0892. The summed E-state index contributed by atoms with van der Waals surface area (Å²) in [7, 11) is 0. The van der Waals surface area contributed by atoms with E-state index in [1.54, 1.807) is 23.1 Å². The number of rotatable bonds is 6. The number of thiazole rings is 1. The maximum atomic E-state index is 13.0. The zero-order valence-electron chi connectivity index (χ0n) is 14.6. The van der Waals surface area contributed by atoms with Crippen LogP contribution in [0.15, 0.2) is 53.4 Å². The van der Waals surface area contributed by atoms with Gasteiger partial charge in [0.25, 0.3) is 5.91 Å². The zero-order valence-corrected chi connectivity index (χ0v) is 16.2. The standard InChI is InChI=1S/C19H17ClN4O2S/c1-13-17-15(12-16(20)21-13)27-19(22-17)24(18(25)14-6-4-11-26-14)10-5-9-23-7-2-3-8-23/h2-4,6-8,11-12H,5,9-10H2,1H3. The molecule has 0 saturated carbocycles. The van der Waals surface area contributed by atoms with E-state index in [0.717, 1.165) is 28.9 Å². The van der Waals surface area contributed by atoms with E-state index in [1.165, 1.54) is 17.6 Å². The molecule has 8 heteroatoms. The minimum atomic E-state index is -0.205. The molecule has 0 aromatic carbocycles. The second kappa shape index (κ2) is 7.54. The lowest BCUT2D eigenvalue weighted by atomic mass is 10.3. The van der Waals surface area contributed by atoms with Crippen molar-refractivity contribution >= 4 is 44.2 Å². The van der Waals surface area contributed by atoms with Crippen molar-refractivity contribution in [2.24, 2.45) is 0 Å². The Kier molecular flexibility index (Phi) is 4.96. The molecule has 0 spiro atoms. The minimum absolute atomic E-state index is 0.205. The van der Waals surface area contributed by atoms with Crippen LogP contribution in [0.25, 0.3) is 10.2 Å². The minimum Gasteiger partial charge on any atom is -0.459 e. The number of hydrogen-bond donors (Lipinski definition) is 0. The highest BCUT2D eigenvalue weighted by Crippen LogP contribution is 2.32. The van der Waals surface area contributed by atoms with Gasteiger partial charge in [-0.3, -0.25) is 9.69 Å². The number of hydrogen-bond acceptors (Lipinski definition) is 5. The summed E-state index contributed by atoms with van der Waals surface area (Å²) >= 11 is 7.50. The number of furan rings is 1. The molecule has 27 heavy (non-hydrogen) atoms. The Balaban J connectivity index is 1.64. The maximum absolute atomic E-state index is 13.0. The Labute approximate surface area is 165 Å². The van der Waals surface area contributed by atoms with Crippen LogP contribution in [0, 0.1) is 6.92 Å². The third-order valence-corrected chi connectivity index (χ3v) is 5.40. The van der Waals surface area contributed by atoms with Crippen LogP contribution >= 0.6 is 22.9 Å². The predicted octanol–water partition coefficient (Wildman–Crippen LogP) is 4.78. The van der Waals surface area contributed by atoms with Crippen LogP contribution in [0.3, 0.4) is 0 Å². The van der Waals surface area contributed by atoms with Crippen molar-refractivity contribution in [3.8, 4) is 0 Å². The summed E-state index contributed by atoms with van der Waals surface area (Å²) in [6, 6.07) is 9.12. The molecule has 0 aliphatic heterocycles. The number of aryl methyl sites for hydroxylation is 2. The quantitative estimate of drug-likeness (QED) is 0.437. The molecule has 4 rings (SSSR count). The third-order valence-electron chi connectivity index (χ3n) is 4.18. The monoisotopic (exact) mass is 400 g/mol. The number of carbonyl (C=O) groups is 1. The molecule has 4 aromatic rings. The van der Waals surface area contributed by atoms with Gasteiger partial charge < -0.3 is 8.98 Å². The van der Waals surface area contributed by atoms with Gasteiger partial charge in [0.05, 0.1) is 16.7 Å². The Morgan fingerprint density at radius 2 is 2.11 bits per heavy atom. The van der Waals surface area contributed by atoms with Crippen molar-refractivity contribution in [3.63, 3.8) is 0 Å². The van der Waals surface area contributed by atoms with Crippen LogP contribution in [0.4, 0.5) is 5.13 Å². The normalized spacial score (nSPS) is 11.2. The van der Waals surface area contributed by atoms with Crippen LogP contribution in [0.2, 0.25) is 5.15 Å². The van der Waals surface area contributed by atoms with Gasteiger partial charge in [0, 0.05) is 25.5 Å². The Morgan fingerprint density at radius 3 is 2.85 bits per heavy atom. The molecule has 4 aromatic heterocycles. The van der Waals surface area contributed by atoms with E-state index in [4.69, 9.17) is 16.0 Å². The van der Waals surface area contributed by atoms with Crippen molar-refractivity contribution in [2.45, 2.75) is 19.9 Å². The summed E-state index contributed by atoms with van der Waals surface area (Å²) in [5, 5.41) is 1.04. The molecule has 0 aliphatic carbocycles. The lowest BCUT2D eigenvalue weighted by Crippen LogP contribution is -2.32. The molecule has 0 fully saturated rings. The average molecular weight is 401 g/mol. The van der Waals surface area contributed by atoms with Crippen LogP contribution in [0.1, 0.15) is 22.7 Å². The number of carbonyl (C=O) groups excluding carboxylic acids is 1. The number of aromatic nitrogens is 3. The Morgan fingerprint density at radius 1 is 1.30 bits per heavy atom. The average Bonchev–Trinajstić information content (AvgIpc) is 3.38. The zero-order chi connectivity index (χ0) is 18.8. The van der Waals surface area contributed by atoms with Crippen molar-refractivity contribution in [3.05, 3.63) is 65.6 Å². The second-order valence-corrected chi connectivity index (χ2v) is 7.48. The SMILES string of the molecule is Cc1nc(Cl)cc2sc(N(CCCn3cccc3)C(=O)c3ccco3)nc12. The summed E-state index contributed by atoms with van der Waals surface area (Å²) in [4.78, 5) is 23.5. The second-order valence-electron chi connectivity index (χ2n) is 6.08. The number of halogens is 1. The largest absolute Gasteiger partial charge is 0.459 e. The van der Waals surface area contributed by atoms with Crippen LogP contribution in [-0.4, -0.2) is 27.0 Å². The smallest absolute Gasteiger partial charge is 0.295 e. The molecule has 6 nitrogen and oxygen atoms in total. The molecular formula is C19H17ClN4O2S. The van der Waals surface area contributed by atoms with E-state index >= 15 is 0 Å². The Hall–Kier alpha value is -2.64. The molecule has 4 heterocycles. The number of amides is 1. The van der Waals surface area contributed by atoms with E-state index in [1.807, 2.05) is 31.5 Å². The van der Waals surface area contributed by atoms with Gasteiger partial charge in [-0.15, -0.1) is 0 Å². The molecule has 0 radical (unpaired) electrons. The first kappa shape index (κ1) is 17.8. The van der Waals surface area contributed by atoms with E-state index in [0.29, 0.717) is 22.6 Å². The molecule has 0 saturated heterocycles. The fourth-order valence-corrected chi connectivity index (χ4v) is 4.27. The number of fused-ring (bicyclic) bond motifs is 1. The number of nitrogens with zero attached hydrogens (tertiary/aromatic N) is 4. The molecule has 0 aliphatic rings. The number of pyridine rings is 1. The van der Waals surface area contributed by atoms with Crippen molar-refractivity contribution in [2.75, 3.05) is 11.4 Å². The fraction of sp³-hybridized carbons (Fsp3) is 0.211. The van der Waals surface area contributed by atoms with Crippen LogP contribution < -0.4 is 4.90 Å². The van der Waals surface area contributed by atoms with E-state index in [-0.39, 0.29) is 5.91 Å². The van der Waals surface area contributed by atoms with Gasteiger partial charge in [-0.1, -0.05) is 22.9 Å². The predicted molar refractivity (Wildman–Crippen MR) is 107 cm³/mol. The highest BCUT2D eigenvalue weighted by atomic mass is 35.5. The van der Waals surface area contributed by atoms with Gasteiger partial charge in [0.1, 0.15) is 10.7 Å². The van der Waals surface area contributed by atoms with Crippen LogP contribution in [-0.2, 0) is 6.54 Å². The van der Waals surface area contributed by atoms with Gasteiger partial charge in [0.2, 0.25) is 0 Å². The van der Waals surface area contributed by atoms with E-state index < -0.39 is 0 Å². The van der Waals surface area contributed by atoms with Crippen LogP contribution in [0.5, 0.6) is 0 Å². The Bertz CT molecular complexity index is 1060. The molecule has 138 valence electrons. The first-order valence-corrected chi connectivity index (χ1v) is 9.71. The van der Waals surface area contributed by atoms with Gasteiger partial charge in [0.15, 0.2) is 10.9 Å². The first-order valence-electron chi connectivity index (χ1n) is 8.51. The van der Waals surface area contributed by atoms with Gasteiger partial charge in [-0.2, -0.15) is 0 Å². The molecular weight excluding hydrogens is 384 g/mol. The lowest BCUT2D eigenvalue weighted by molar-refractivity contribution is 0.0959. The molecule has 0 unspecified atom stereocenters. The third kappa shape index (κ3) is 3.74. The topological polar surface area (TPSA) is 64.2 Å². The fourth-order valence-electron chi connectivity index (χ4n) is 2.89. The lowest BCUT2D eigenvalue weighted by Gasteiger charge is -2.18. The van der Waals surface area contributed by atoms with Crippen molar-refractivity contribution < 1.29 is 9.21 Å². The summed E-state index contributed by atoms with van der Waals surface area (Å²) in [6.45, 7) is 3.20. The summed E-state index contributed by atoms with van der Waals surface area (Å²) in [6.07, 6.45) is 6.30. The molecule has 1 amide bonds. The first-order chi connectivity index (χ1) is 13.1. The van der Waals surface area contributed by atoms with Gasteiger partial charge in [-0.05, 0) is 43.7 Å². The van der Waals surface area contributed by atoms with E-state index in [9.17, 15) is 4.79 Å².